The fourth-order valence-corrected chi connectivity index (χ4v) is 1.49. The highest BCUT2D eigenvalue weighted by molar-refractivity contribution is 6.31. The molecule has 4 nitrogen and oxygen atoms in total. The van der Waals surface area contributed by atoms with Crippen LogP contribution in [-0.2, 0) is 0 Å². The number of carbonyl (C=O) groups excluding carboxylic acids is 1. The molecule has 5 heteroatoms. The number of aromatic nitrogens is 3. The van der Waals surface area contributed by atoms with Crippen molar-refractivity contribution in [3.05, 3.63) is 41.4 Å². The Balaban J connectivity index is 2.63. The average molecular weight is 222 g/mol. The predicted octanol–water partition coefficient (Wildman–Crippen LogP) is 2.12. The molecule has 0 spiro atoms. The molecule has 0 saturated carbocycles. The number of hydrogen-bond donors (Lipinski definition) is 0. The summed E-state index contributed by atoms with van der Waals surface area (Å²) in [4.78, 5) is 15.2. The van der Waals surface area contributed by atoms with Gasteiger partial charge in [-0.05, 0) is 25.1 Å². The Kier molecular flexibility index (Phi) is 2.51. The Morgan fingerprint density at radius 1 is 1.47 bits per heavy atom. The van der Waals surface area contributed by atoms with Crippen molar-refractivity contribution in [3.8, 4) is 5.69 Å². The normalized spacial score (nSPS) is 10.3. The zero-order valence-corrected chi connectivity index (χ0v) is 8.77. The van der Waals surface area contributed by atoms with Gasteiger partial charge in [0.1, 0.15) is 12.7 Å². The van der Waals surface area contributed by atoms with E-state index in [-0.39, 0.29) is 5.78 Å². The quantitative estimate of drug-likeness (QED) is 0.730. The number of hydrogen-bond acceptors (Lipinski definition) is 3. The minimum absolute atomic E-state index is 0.0304. The SMILES string of the molecule is CC(=O)c1ccc(Cl)cc1-n1cncn1. The van der Waals surface area contributed by atoms with E-state index in [1.54, 1.807) is 18.2 Å². The highest BCUT2D eigenvalue weighted by Crippen LogP contribution is 2.19. The molecule has 0 saturated heterocycles. The van der Waals surface area contributed by atoms with Gasteiger partial charge in [0.15, 0.2) is 5.78 Å². The van der Waals surface area contributed by atoms with Gasteiger partial charge in [0, 0.05) is 10.6 Å². The van der Waals surface area contributed by atoms with Crippen molar-refractivity contribution < 1.29 is 4.79 Å². The van der Waals surface area contributed by atoms with Crippen molar-refractivity contribution in [2.45, 2.75) is 6.92 Å². The van der Waals surface area contributed by atoms with Crippen LogP contribution in [0.5, 0.6) is 0 Å². The maximum Gasteiger partial charge on any atom is 0.161 e. The van der Waals surface area contributed by atoms with Crippen molar-refractivity contribution in [1.29, 1.82) is 0 Å². The summed E-state index contributed by atoms with van der Waals surface area (Å²) in [6.45, 7) is 1.50. The molecule has 0 amide bonds. The molecule has 1 heterocycles. The summed E-state index contributed by atoms with van der Waals surface area (Å²) in [5.74, 6) is -0.0304. The minimum atomic E-state index is -0.0304. The van der Waals surface area contributed by atoms with Gasteiger partial charge >= 0.3 is 0 Å². The van der Waals surface area contributed by atoms with Gasteiger partial charge in [0.05, 0.1) is 5.69 Å². The third-order valence-electron chi connectivity index (χ3n) is 2.00. The van der Waals surface area contributed by atoms with Crippen LogP contribution in [0.2, 0.25) is 5.02 Å². The lowest BCUT2D eigenvalue weighted by Gasteiger charge is -2.06. The fraction of sp³-hybridized carbons (Fsp3) is 0.100. The van der Waals surface area contributed by atoms with E-state index in [0.29, 0.717) is 16.3 Å². The van der Waals surface area contributed by atoms with Crippen molar-refractivity contribution in [2.75, 3.05) is 0 Å². The minimum Gasteiger partial charge on any atom is -0.294 e. The van der Waals surface area contributed by atoms with E-state index in [1.165, 1.54) is 24.3 Å². The molecule has 2 rings (SSSR count). The molecule has 1 aromatic carbocycles. The number of halogens is 1. The molecule has 2 aromatic rings. The number of Topliss-reactive ketones (excluding diaryl/α,β-unsaturated/α-hetero) is 1. The standard InChI is InChI=1S/C10H8ClN3O/c1-7(15)9-3-2-8(11)4-10(9)14-6-12-5-13-14/h2-6H,1H3. The van der Waals surface area contributed by atoms with Gasteiger partial charge in [0.2, 0.25) is 0 Å². The summed E-state index contributed by atoms with van der Waals surface area (Å²) < 4.78 is 1.52. The lowest BCUT2D eigenvalue weighted by atomic mass is 10.1. The first-order valence-electron chi connectivity index (χ1n) is 4.34. The van der Waals surface area contributed by atoms with Gasteiger partial charge in [-0.25, -0.2) is 9.67 Å². The second-order valence-corrected chi connectivity index (χ2v) is 3.49. The lowest BCUT2D eigenvalue weighted by molar-refractivity contribution is 0.101. The van der Waals surface area contributed by atoms with Crippen LogP contribution in [0.15, 0.2) is 30.9 Å². The molecule has 15 heavy (non-hydrogen) atoms. The molecule has 0 aliphatic carbocycles. The molecule has 0 N–H and O–H groups in total. The second kappa shape index (κ2) is 3.82. The van der Waals surface area contributed by atoms with Crippen molar-refractivity contribution >= 4 is 17.4 Å². The van der Waals surface area contributed by atoms with Crippen LogP contribution >= 0.6 is 11.6 Å². The number of benzene rings is 1. The molecule has 0 radical (unpaired) electrons. The van der Waals surface area contributed by atoms with Gasteiger partial charge in [0.25, 0.3) is 0 Å². The molecule has 76 valence electrons. The Morgan fingerprint density at radius 3 is 2.87 bits per heavy atom. The van der Waals surface area contributed by atoms with E-state index < -0.39 is 0 Å². The maximum atomic E-state index is 11.4. The summed E-state index contributed by atoms with van der Waals surface area (Å²) >= 11 is 5.87. The molecule has 0 aliphatic rings. The molecule has 0 aliphatic heterocycles. The highest BCUT2D eigenvalue weighted by Gasteiger charge is 2.09. The topological polar surface area (TPSA) is 47.8 Å². The van der Waals surface area contributed by atoms with E-state index >= 15 is 0 Å². The van der Waals surface area contributed by atoms with Gasteiger partial charge in [-0.3, -0.25) is 4.79 Å². The molecule has 0 atom stereocenters. The first-order valence-corrected chi connectivity index (χ1v) is 4.72. The van der Waals surface area contributed by atoms with Crippen LogP contribution in [0.25, 0.3) is 5.69 Å². The number of rotatable bonds is 2. The summed E-state index contributed by atoms with van der Waals surface area (Å²) in [6.07, 6.45) is 2.93. The Bertz CT molecular complexity index is 493. The Morgan fingerprint density at radius 2 is 2.27 bits per heavy atom. The van der Waals surface area contributed by atoms with Crippen LogP contribution in [0.4, 0.5) is 0 Å². The molecule has 0 unspecified atom stereocenters. The lowest BCUT2D eigenvalue weighted by Crippen LogP contribution is -2.03. The van der Waals surface area contributed by atoms with Crippen molar-refractivity contribution in [2.24, 2.45) is 0 Å². The number of nitrogens with zero attached hydrogens (tertiary/aromatic N) is 3. The molecular formula is C10H8ClN3O. The van der Waals surface area contributed by atoms with Gasteiger partial charge in [-0.1, -0.05) is 11.6 Å². The van der Waals surface area contributed by atoms with Crippen molar-refractivity contribution in [3.63, 3.8) is 0 Å². The van der Waals surface area contributed by atoms with Crippen LogP contribution < -0.4 is 0 Å². The van der Waals surface area contributed by atoms with Crippen LogP contribution in [-0.4, -0.2) is 20.5 Å². The third-order valence-corrected chi connectivity index (χ3v) is 2.24. The van der Waals surface area contributed by atoms with Gasteiger partial charge < -0.3 is 0 Å². The van der Waals surface area contributed by atoms with Gasteiger partial charge in [-0.15, -0.1) is 0 Å². The summed E-state index contributed by atoms with van der Waals surface area (Å²) in [6, 6.07) is 5.05. The number of carbonyl (C=O) groups is 1. The Hall–Kier alpha value is -1.68. The molecular weight excluding hydrogens is 214 g/mol. The smallest absolute Gasteiger partial charge is 0.161 e. The van der Waals surface area contributed by atoms with E-state index in [1.807, 2.05) is 0 Å². The molecule has 1 aromatic heterocycles. The summed E-state index contributed by atoms with van der Waals surface area (Å²) in [5, 5.41) is 4.53. The zero-order chi connectivity index (χ0) is 10.8. The third kappa shape index (κ3) is 1.89. The zero-order valence-electron chi connectivity index (χ0n) is 8.01. The summed E-state index contributed by atoms with van der Waals surface area (Å²) in [7, 11) is 0. The second-order valence-electron chi connectivity index (χ2n) is 3.06. The molecule has 0 bridgehead atoms. The highest BCUT2D eigenvalue weighted by atomic mass is 35.5. The predicted molar refractivity (Wildman–Crippen MR) is 56.4 cm³/mol. The van der Waals surface area contributed by atoms with E-state index in [4.69, 9.17) is 11.6 Å². The van der Waals surface area contributed by atoms with Crippen LogP contribution in [0, 0.1) is 0 Å². The van der Waals surface area contributed by atoms with Gasteiger partial charge in [-0.2, -0.15) is 5.10 Å². The monoisotopic (exact) mass is 221 g/mol. The largest absolute Gasteiger partial charge is 0.294 e. The van der Waals surface area contributed by atoms with Crippen LogP contribution in [0.1, 0.15) is 17.3 Å². The van der Waals surface area contributed by atoms with E-state index in [0.717, 1.165) is 0 Å². The van der Waals surface area contributed by atoms with E-state index in [2.05, 4.69) is 10.1 Å². The average Bonchev–Trinajstić information content (AvgIpc) is 2.69. The molecule has 0 fully saturated rings. The fourth-order valence-electron chi connectivity index (χ4n) is 1.32. The number of ketones is 1. The van der Waals surface area contributed by atoms with E-state index in [9.17, 15) is 4.79 Å². The first-order chi connectivity index (χ1) is 7.18. The maximum absolute atomic E-state index is 11.4. The summed E-state index contributed by atoms with van der Waals surface area (Å²) in [5.41, 5.74) is 1.22. The van der Waals surface area contributed by atoms with Crippen LogP contribution in [0.3, 0.4) is 0 Å². The Labute approximate surface area is 91.5 Å². The first kappa shape index (κ1) is 9.86. The van der Waals surface area contributed by atoms with Crippen molar-refractivity contribution in [1.82, 2.24) is 14.8 Å².